The third-order valence-corrected chi connectivity index (χ3v) is 2.21. The van der Waals surface area contributed by atoms with Crippen molar-refractivity contribution in [3.05, 3.63) is 35.1 Å². The second kappa shape index (κ2) is 5.16. The average molecular weight is 250 g/mol. The fraction of sp³-hybridized carbons (Fsp3) is 0.364. The van der Waals surface area contributed by atoms with Crippen LogP contribution in [0.2, 0.25) is 0 Å². The van der Waals surface area contributed by atoms with Crippen molar-refractivity contribution in [2.75, 3.05) is 0 Å². The van der Waals surface area contributed by atoms with E-state index in [0.717, 1.165) is 12.1 Å². The van der Waals surface area contributed by atoms with E-state index in [4.69, 9.17) is 5.11 Å². The highest BCUT2D eigenvalue weighted by atomic mass is 19.4. The molecule has 0 aliphatic carbocycles. The number of carbonyl (C=O) groups is 1. The third-order valence-electron chi connectivity index (χ3n) is 2.21. The Morgan fingerprint density at radius 2 is 1.94 bits per heavy atom. The van der Waals surface area contributed by atoms with Crippen molar-refractivity contribution in [2.24, 2.45) is 0 Å². The summed E-state index contributed by atoms with van der Waals surface area (Å²) in [4.78, 5) is 10.2. The number of carboxylic acids is 1. The molecule has 17 heavy (non-hydrogen) atoms. The minimum Gasteiger partial charge on any atom is -0.481 e. The van der Waals surface area contributed by atoms with Crippen molar-refractivity contribution in [3.63, 3.8) is 0 Å². The summed E-state index contributed by atoms with van der Waals surface area (Å²) in [5.74, 6) is -1.80. The summed E-state index contributed by atoms with van der Waals surface area (Å²) in [5.41, 5.74) is -1.04. The van der Waals surface area contributed by atoms with Gasteiger partial charge in [0.2, 0.25) is 0 Å². The topological polar surface area (TPSA) is 37.3 Å². The van der Waals surface area contributed by atoms with Gasteiger partial charge in [-0.25, -0.2) is 4.39 Å². The first-order chi connectivity index (χ1) is 7.80. The normalized spacial score (nSPS) is 11.5. The Labute approximate surface area is 94.9 Å². The van der Waals surface area contributed by atoms with E-state index >= 15 is 0 Å². The molecular formula is C11H10F4O2. The van der Waals surface area contributed by atoms with Crippen LogP contribution in [0.4, 0.5) is 17.6 Å². The lowest BCUT2D eigenvalue weighted by Crippen LogP contribution is -2.06. The summed E-state index contributed by atoms with van der Waals surface area (Å²) in [7, 11) is 0. The van der Waals surface area contributed by atoms with E-state index < -0.39 is 23.5 Å². The Kier molecular flexibility index (Phi) is 4.09. The molecule has 0 saturated heterocycles. The lowest BCUT2D eigenvalue weighted by atomic mass is 10.0. The Bertz CT molecular complexity index is 412. The minimum absolute atomic E-state index is 0.0257. The molecule has 94 valence electrons. The quantitative estimate of drug-likeness (QED) is 0.833. The molecule has 1 aromatic rings. The average Bonchev–Trinajstić information content (AvgIpc) is 2.18. The first-order valence-electron chi connectivity index (χ1n) is 4.88. The minimum atomic E-state index is -4.52. The highest BCUT2D eigenvalue weighted by Crippen LogP contribution is 2.30. The summed E-state index contributed by atoms with van der Waals surface area (Å²) in [5, 5.41) is 8.37. The number of hydrogen-bond acceptors (Lipinski definition) is 1. The molecule has 0 aliphatic heterocycles. The fourth-order valence-corrected chi connectivity index (χ4v) is 1.37. The molecule has 0 fully saturated rings. The number of aryl methyl sites for hydroxylation is 1. The molecule has 1 N–H and O–H groups in total. The van der Waals surface area contributed by atoms with Gasteiger partial charge in [-0.15, -0.1) is 0 Å². The molecule has 2 nitrogen and oxygen atoms in total. The van der Waals surface area contributed by atoms with Crippen molar-refractivity contribution in [3.8, 4) is 0 Å². The van der Waals surface area contributed by atoms with Crippen molar-refractivity contribution in [1.82, 2.24) is 0 Å². The molecule has 0 saturated carbocycles. The molecule has 1 rings (SSSR count). The number of benzene rings is 1. The first kappa shape index (κ1) is 13.5. The third kappa shape index (κ3) is 4.05. The fourth-order valence-electron chi connectivity index (χ4n) is 1.37. The van der Waals surface area contributed by atoms with Crippen LogP contribution in [-0.2, 0) is 17.4 Å². The van der Waals surface area contributed by atoms with Gasteiger partial charge in [-0.2, -0.15) is 13.2 Å². The maximum atomic E-state index is 13.2. The van der Waals surface area contributed by atoms with Gasteiger partial charge in [-0.05, 0) is 36.6 Å². The molecule has 0 spiro atoms. The second-order valence-electron chi connectivity index (χ2n) is 3.55. The van der Waals surface area contributed by atoms with Crippen molar-refractivity contribution < 1.29 is 27.5 Å². The molecule has 0 radical (unpaired) electrons. The highest BCUT2D eigenvalue weighted by Gasteiger charge is 2.30. The summed E-state index contributed by atoms with van der Waals surface area (Å²) < 4.78 is 50.2. The predicted molar refractivity (Wildman–Crippen MR) is 52.0 cm³/mol. The SMILES string of the molecule is O=C(O)CCCc1cc(C(F)(F)F)ccc1F. The molecule has 1 aromatic carbocycles. The number of rotatable bonds is 4. The lowest BCUT2D eigenvalue weighted by Gasteiger charge is -2.09. The van der Waals surface area contributed by atoms with Gasteiger partial charge in [0.1, 0.15) is 5.82 Å². The number of alkyl halides is 3. The van der Waals surface area contributed by atoms with Gasteiger partial charge >= 0.3 is 12.1 Å². The molecule has 0 amide bonds. The van der Waals surface area contributed by atoms with Gasteiger partial charge in [0.05, 0.1) is 5.56 Å². The van der Waals surface area contributed by atoms with Gasteiger partial charge in [-0.1, -0.05) is 0 Å². The Morgan fingerprint density at radius 3 is 2.47 bits per heavy atom. The summed E-state index contributed by atoms with van der Waals surface area (Å²) >= 11 is 0. The Hall–Kier alpha value is -1.59. The van der Waals surface area contributed by atoms with Crippen molar-refractivity contribution >= 4 is 5.97 Å². The molecule has 0 aromatic heterocycles. The largest absolute Gasteiger partial charge is 0.481 e. The second-order valence-corrected chi connectivity index (χ2v) is 3.55. The van der Waals surface area contributed by atoms with Gasteiger partial charge in [0, 0.05) is 6.42 Å². The smallest absolute Gasteiger partial charge is 0.416 e. The molecule has 0 heterocycles. The zero-order valence-corrected chi connectivity index (χ0v) is 8.72. The van der Waals surface area contributed by atoms with E-state index in [-0.39, 0.29) is 24.8 Å². The highest BCUT2D eigenvalue weighted by molar-refractivity contribution is 5.66. The number of hydrogen-bond donors (Lipinski definition) is 1. The molecule has 6 heteroatoms. The van der Waals surface area contributed by atoms with Gasteiger partial charge in [0.15, 0.2) is 0 Å². The standard InChI is InChI=1S/C11H10F4O2/c12-9-5-4-8(11(13,14)15)6-7(9)2-1-3-10(16)17/h4-6H,1-3H2,(H,16,17). The molecule has 0 bridgehead atoms. The monoisotopic (exact) mass is 250 g/mol. The van der Waals surface area contributed by atoms with E-state index in [1.807, 2.05) is 0 Å². The summed E-state index contributed by atoms with van der Waals surface area (Å²) in [6, 6.07) is 2.13. The molecular weight excluding hydrogens is 240 g/mol. The van der Waals surface area contributed by atoms with Crippen LogP contribution >= 0.6 is 0 Å². The zero-order chi connectivity index (χ0) is 13.1. The van der Waals surface area contributed by atoms with E-state index in [0.29, 0.717) is 6.07 Å². The molecule has 0 atom stereocenters. The zero-order valence-electron chi connectivity index (χ0n) is 8.72. The van der Waals surface area contributed by atoms with Crippen LogP contribution in [-0.4, -0.2) is 11.1 Å². The van der Waals surface area contributed by atoms with Crippen molar-refractivity contribution in [1.29, 1.82) is 0 Å². The molecule has 0 unspecified atom stereocenters. The van der Waals surface area contributed by atoms with E-state index in [9.17, 15) is 22.4 Å². The summed E-state index contributed by atoms with van der Waals surface area (Å²) in [6.07, 6.45) is -4.64. The van der Waals surface area contributed by atoms with Crippen LogP contribution in [0.25, 0.3) is 0 Å². The molecule has 0 aliphatic rings. The van der Waals surface area contributed by atoms with E-state index in [2.05, 4.69) is 0 Å². The van der Waals surface area contributed by atoms with Crippen LogP contribution in [0.3, 0.4) is 0 Å². The number of halogens is 4. The van der Waals surface area contributed by atoms with E-state index in [1.165, 1.54) is 0 Å². The number of aliphatic carboxylic acids is 1. The summed E-state index contributed by atoms with van der Waals surface area (Å²) in [6.45, 7) is 0. The van der Waals surface area contributed by atoms with Crippen LogP contribution in [0.5, 0.6) is 0 Å². The van der Waals surface area contributed by atoms with E-state index in [1.54, 1.807) is 0 Å². The van der Waals surface area contributed by atoms with Gasteiger partial charge in [-0.3, -0.25) is 4.79 Å². The predicted octanol–water partition coefficient (Wildman–Crippen LogP) is 3.25. The first-order valence-corrected chi connectivity index (χ1v) is 4.88. The van der Waals surface area contributed by atoms with Gasteiger partial charge in [0.25, 0.3) is 0 Å². The van der Waals surface area contributed by atoms with Crippen LogP contribution < -0.4 is 0 Å². The maximum Gasteiger partial charge on any atom is 0.416 e. The maximum absolute atomic E-state index is 13.2. The number of carboxylic acid groups (broad SMARTS) is 1. The van der Waals surface area contributed by atoms with Gasteiger partial charge < -0.3 is 5.11 Å². The van der Waals surface area contributed by atoms with Crippen LogP contribution in [0, 0.1) is 5.82 Å². The Morgan fingerprint density at radius 1 is 1.29 bits per heavy atom. The van der Waals surface area contributed by atoms with Crippen LogP contribution in [0.1, 0.15) is 24.0 Å². The van der Waals surface area contributed by atoms with Crippen LogP contribution in [0.15, 0.2) is 18.2 Å². The lowest BCUT2D eigenvalue weighted by molar-refractivity contribution is -0.138. The van der Waals surface area contributed by atoms with Crippen molar-refractivity contribution in [2.45, 2.75) is 25.4 Å². The Balaban J connectivity index is 2.80.